The van der Waals surface area contributed by atoms with Gasteiger partial charge in [-0.1, -0.05) is 12.1 Å². The molecule has 6 nitrogen and oxygen atoms in total. The Bertz CT molecular complexity index is 1150. The van der Waals surface area contributed by atoms with E-state index in [0.29, 0.717) is 0 Å². The molecule has 1 fully saturated rings. The van der Waals surface area contributed by atoms with Crippen molar-refractivity contribution < 1.29 is 4.79 Å². The van der Waals surface area contributed by atoms with Crippen molar-refractivity contribution in [3.63, 3.8) is 0 Å². The minimum absolute atomic E-state index is 0. The van der Waals surface area contributed by atoms with Gasteiger partial charge in [-0.2, -0.15) is 5.26 Å². The Hall–Kier alpha value is -2.78. The monoisotopic (exact) mass is 409 g/mol. The Balaban J connectivity index is 0.00000205. The fourth-order valence-corrected chi connectivity index (χ4v) is 4.99. The van der Waals surface area contributed by atoms with Crippen LogP contribution in [0.5, 0.6) is 0 Å². The molecule has 3 aromatic rings. The number of nitrogens with two attached hydrogens (primary N) is 1. The summed E-state index contributed by atoms with van der Waals surface area (Å²) in [7, 11) is 0. The number of para-hydroxylation sites is 2. The number of imidazole rings is 1. The maximum Gasteiger partial charge on any atom is 0.220 e. The number of carbonyl (C=O) groups excluding carboxylic acids is 1. The van der Waals surface area contributed by atoms with E-state index in [1.807, 2.05) is 18.2 Å². The van der Waals surface area contributed by atoms with Crippen LogP contribution in [0.3, 0.4) is 0 Å². The van der Waals surface area contributed by atoms with Gasteiger partial charge in [-0.05, 0) is 61.8 Å². The molecule has 0 spiro atoms. The molecule has 1 aromatic carbocycles. The van der Waals surface area contributed by atoms with Crippen LogP contribution in [0.1, 0.15) is 42.4 Å². The van der Waals surface area contributed by atoms with Crippen molar-refractivity contribution >= 4 is 40.8 Å². The van der Waals surface area contributed by atoms with Gasteiger partial charge in [-0.25, -0.2) is 4.98 Å². The summed E-state index contributed by atoms with van der Waals surface area (Å²) in [5, 5.41) is 9.90. The van der Waals surface area contributed by atoms with Gasteiger partial charge in [-0.3, -0.25) is 9.20 Å². The molecule has 0 bridgehead atoms. The number of hydrogen-bond donors (Lipinski definition) is 1. The maximum absolute atomic E-state index is 11.7. The zero-order valence-electron chi connectivity index (χ0n) is 16.2. The maximum atomic E-state index is 11.7. The molecular weight excluding hydrogens is 386 g/mol. The summed E-state index contributed by atoms with van der Waals surface area (Å²) in [6.07, 6.45) is 5.55. The third-order valence-electron chi connectivity index (χ3n) is 6.33. The number of primary amides is 1. The van der Waals surface area contributed by atoms with Crippen LogP contribution in [0.2, 0.25) is 0 Å². The Kier molecular flexibility index (Phi) is 5.10. The van der Waals surface area contributed by atoms with Gasteiger partial charge >= 0.3 is 0 Å². The minimum Gasteiger partial charge on any atom is -0.369 e. The van der Waals surface area contributed by atoms with Crippen molar-refractivity contribution in [1.29, 1.82) is 5.26 Å². The van der Waals surface area contributed by atoms with Gasteiger partial charge in [0, 0.05) is 19.0 Å². The first kappa shape index (κ1) is 19.5. The smallest absolute Gasteiger partial charge is 0.220 e. The molecule has 3 heterocycles. The third-order valence-corrected chi connectivity index (χ3v) is 6.33. The first-order chi connectivity index (χ1) is 13.7. The standard InChI is InChI=1S/C22H23N5O.ClH/c23-13-17-15-6-3-7-16(15)22(26-11-4-5-14(10-12-26)20(24)28)27-19-9-2-1-8-18(19)25-21(17)27;/h1-2,8-9,14H,3-7,10-12H2,(H2,24,28);1H. The fourth-order valence-electron chi connectivity index (χ4n) is 4.99. The van der Waals surface area contributed by atoms with E-state index in [1.54, 1.807) is 0 Å². The molecule has 7 heteroatoms. The molecule has 2 aliphatic rings. The van der Waals surface area contributed by atoms with Crippen molar-refractivity contribution in [2.45, 2.75) is 38.5 Å². The number of carbonyl (C=O) groups is 1. The Morgan fingerprint density at radius 1 is 1.14 bits per heavy atom. The summed E-state index contributed by atoms with van der Waals surface area (Å²) < 4.78 is 2.18. The molecule has 1 aliphatic heterocycles. The normalized spacial score (nSPS) is 18.9. The molecular formula is C22H24ClN5O. The summed E-state index contributed by atoms with van der Waals surface area (Å²) in [4.78, 5) is 18.9. The van der Waals surface area contributed by atoms with Crippen LogP contribution in [-0.4, -0.2) is 28.4 Å². The van der Waals surface area contributed by atoms with Crippen LogP contribution in [-0.2, 0) is 17.6 Å². The third kappa shape index (κ3) is 3.01. The van der Waals surface area contributed by atoms with Crippen LogP contribution in [0, 0.1) is 17.2 Å². The van der Waals surface area contributed by atoms with E-state index in [2.05, 4.69) is 21.4 Å². The largest absolute Gasteiger partial charge is 0.369 e. The molecule has 1 aliphatic carbocycles. The second-order valence-corrected chi connectivity index (χ2v) is 7.90. The molecule has 1 atom stereocenters. The van der Waals surface area contributed by atoms with E-state index in [0.717, 1.165) is 79.4 Å². The molecule has 0 radical (unpaired) electrons. The topological polar surface area (TPSA) is 87.4 Å². The second-order valence-electron chi connectivity index (χ2n) is 7.90. The number of anilines is 1. The summed E-state index contributed by atoms with van der Waals surface area (Å²) in [6.45, 7) is 1.69. The molecule has 1 unspecified atom stereocenters. The lowest BCUT2D eigenvalue weighted by Gasteiger charge is -2.27. The van der Waals surface area contributed by atoms with Gasteiger partial charge in [0.2, 0.25) is 5.91 Å². The molecule has 2 N–H and O–H groups in total. The lowest BCUT2D eigenvalue weighted by Crippen LogP contribution is -2.29. The predicted octanol–water partition coefficient (Wildman–Crippen LogP) is 3.36. The number of pyridine rings is 1. The Morgan fingerprint density at radius 2 is 1.93 bits per heavy atom. The van der Waals surface area contributed by atoms with E-state index < -0.39 is 0 Å². The first-order valence-electron chi connectivity index (χ1n) is 10.1. The highest BCUT2D eigenvalue weighted by molar-refractivity contribution is 5.87. The van der Waals surface area contributed by atoms with E-state index in [4.69, 9.17) is 10.7 Å². The zero-order chi connectivity index (χ0) is 19.3. The van der Waals surface area contributed by atoms with Crippen molar-refractivity contribution in [3.8, 4) is 6.07 Å². The van der Waals surface area contributed by atoms with Crippen molar-refractivity contribution in [3.05, 3.63) is 41.0 Å². The number of aromatic nitrogens is 2. The Morgan fingerprint density at radius 3 is 2.72 bits per heavy atom. The van der Waals surface area contributed by atoms with Gasteiger partial charge in [0.15, 0.2) is 5.65 Å². The van der Waals surface area contributed by atoms with Gasteiger partial charge in [0.25, 0.3) is 0 Å². The molecule has 150 valence electrons. The van der Waals surface area contributed by atoms with E-state index in [1.165, 1.54) is 11.4 Å². The van der Waals surface area contributed by atoms with Crippen LogP contribution in [0.4, 0.5) is 5.82 Å². The van der Waals surface area contributed by atoms with Gasteiger partial charge in [-0.15, -0.1) is 12.4 Å². The number of hydrogen-bond acceptors (Lipinski definition) is 4. The van der Waals surface area contributed by atoms with Gasteiger partial charge in [0.1, 0.15) is 11.9 Å². The summed E-state index contributed by atoms with van der Waals surface area (Å²) in [6, 6.07) is 10.5. The summed E-state index contributed by atoms with van der Waals surface area (Å²) in [5.74, 6) is 0.928. The molecule has 0 saturated carbocycles. The average Bonchev–Trinajstić information content (AvgIpc) is 3.24. The van der Waals surface area contributed by atoms with Gasteiger partial charge in [0.05, 0.1) is 16.6 Å². The number of amides is 1. The highest BCUT2D eigenvalue weighted by Gasteiger charge is 2.30. The SMILES string of the molecule is Cl.N#Cc1c2c(c(N3CCCC(C(N)=O)CC3)n3c1nc1ccccc13)CCC2. The highest BCUT2D eigenvalue weighted by Crippen LogP contribution is 2.39. The number of benzene rings is 1. The number of rotatable bonds is 2. The van der Waals surface area contributed by atoms with Crippen molar-refractivity contribution in [2.24, 2.45) is 11.7 Å². The number of fused-ring (bicyclic) bond motifs is 4. The van der Waals surface area contributed by atoms with E-state index in [-0.39, 0.29) is 24.2 Å². The average molecular weight is 410 g/mol. The summed E-state index contributed by atoms with van der Waals surface area (Å²) in [5.41, 5.74) is 11.5. The van der Waals surface area contributed by atoms with E-state index >= 15 is 0 Å². The second kappa shape index (κ2) is 7.57. The highest BCUT2D eigenvalue weighted by atomic mass is 35.5. The molecule has 1 amide bonds. The van der Waals surface area contributed by atoms with Crippen LogP contribution in [0.15, 0.2) is 24.3 Å². The van der Waals surface area contributed by atoms with Crippen molar-refractivity contribution in [2.75, 3.05) is 18.0 Å². The Labute approximate surface area is 175 Å². The lowest BCUT2D eigenvalue weighted by atomic mass is 10.0. The zero-order valence-corrected chi connectivity index (χ0v) is 17.0. The number of nitrogens with zero attached hydrogens (tertiary/aromatic N) is 4. The van der Waals surface area contributed by atoms with E-state index in [9.17, 15) is 10.1 Å². The van der Waals surface area contributed by atoms with Crippen molar-refractivity contribution in [1.82, 2.24) is 9.38 Å². The van der Waals surface area contributed by atoms with Crippen LogP contribution < -0.4 is 10.6 Å². The molecule has 2 aromatic heterocycles. The predicted molar refractivity (Wildman–Crippen MR) is 115 cm³/mol. The fraction of sp³-hybridized carbons (Fsp3) is 0.409. The molecule has 29 heavy (non-hydrogen) atoms. The number of nitriles is 1. The minimum atomic E-state index is -0.190. The quantitative estimate of drug-likeness (QED) is 0.702. The van der Waals surface area contributed by atoms with Crippen LogP contribution >= 0.6 is 12.4 Å². The summed E-state index contributed by atoms with van der Waals surface area (Å²) >= 11 is 0. The lowest BCUT2D eigenvalue weighted by molar-refractivity contribution is -0.122. The molecule has 1 saturated heterocycles. The van der Waals surface area contributed by atoms with Gasteiger partial charge < -0.3 is 10.6 Å². The van der Waals surface area contributed by atoms with Crippen LogP contribution in [0.25, 0.3) is 16.7 Å². The first-order valence-corrected chi connectivity index (χ1v) is 10.1. The molecule has 5 rings (SSSR count). The number of halogens is 1.